The monoisotopic (exact) mass is 351 g/mol. The lowest BCUT2D eigenvalue weighted by Gasteiger charge is -1.99. The van der Waals surface area contributed by atoms with Crippen molar-refractivity contribution in [2.75, 3.05) is 12.5 Å². The van der Waals surface area contributed by atoms with Gasteiger partial charge in [0.2, 0.25) is 5.13 Å². The minimum atomic E-state index is -0.353. The van der Waals surface area contributed by atoms with Crippen molar-refractivity contribution < 1.29 is 9.53 Å². The molecule has 0 aliphatic carbocycles. The standard InChI is InChI=1S/C19H17N3O2S/c1-13-17(15-6-4-3-5-7-15)21-19(25-13)22-20-12-14-8-10-16(11-9-14)18(23)24-2/h3-12H,1-2H3,(H,21,22). The van der Waals surface area contributed by atoms with Crippen LogP contribution in [-0.4, -0.2) is 24.3 Å². The summed E-state index contributed by atoms with van der Waals surface area (Å²) in [6.07, 6.45) is 1.68. The number of carbonyl (C=O) groups excluding carboxylic acids is 1. The van der Waals surface area contributed by atoms with E-state index in [0.717, 1.165) is 26.8 Å². The van der Waals surface area contributed by atoms with Crippen LogP contribution in [0.15, 0.2) is 59.7 Å². The number of carbonyl (C=O) groups is 1. The fourth-order valence-corrected chi connectivity index (χ4v) is 3.08. The molecule has 6 heteroatoms. The Balaban J connectivity index is 1.67. The van der Waals surface area contributed by atoms with E-state index in [0.29, 0.717) is 5.56 Å². The van der Waals surface area contributed by atoms with Gasteiger partial charge >= 0.3 is 5.97 Å². The van der Waals surface area contributed by atoms with E-state index in [4.69, 9.17) is 0 Å². The SMILES string of the molecule is COC(=O)c1ccc(C=NNc2nc(-c3ccccc3)c(C)s2)cc1. The number of esters is 1. The minimum Gasteiger partial charge on any atom is -0.465 e. The highest BCUT2D eigenvalue weighted by atomic mass is 32.1. The van der Waals surface area contributed by atoms with Gasteiger partial charge in [0.1, 0.15) is 0 Å². The molecule has 3 aromatic rings. The Morgan fingerprint density at radius 2 is 1.88 bits per heavy atom. The number of ether oxygens (including phenoxy) is 1. The highest BCUT2D eigenvalue weighted by Gasteiger charge is 2.08. The van der Waals surface area contributed by atoms with Gasteiger partial charge in [-0.15, -0.1) is 11.3 Å². The van der Waals surface area contributed by atoms with E-state index in [1.165, 1.54) is 7.11 Å². The first kappa shape index (κ1) is 16.9. The second-order valence-electron chi connectivity index (χ2n) is 5.27. The van der Waals surface area contributed by atoms with Crippen molar-refractivity contribution in [2.45, 2.75) is 6.92 Å². The summed E-state index contributed by atoms with van der Waals surface area (Å²) < 4.78 is 4.67. The van der Waals surface area contributed by atoms with E-state index in [1.54, 1.807) is 41.8 Å². The molecule has 0 spiro atoms. The van der Waals surface area contributed by atoms with Gasteiger partial charge in [-0.2, -0.15) is 5.10 Å². The summed E-state index contributed by atoms with van der Waals surface area (Å²) in [6, 6.07) is 17.1. The second kappa shape index (κ2) is 7.72. The van der Waals surface area contributed by atoms with Crippen molar-refractivity contribution in [2.24, 2.45) is 5.10 Å². The molecular weight excluding hydrogens is 334 g/mol. The number of aryl methyl sites for hydroxylation is 1. The summed E-state index contributed by atoms with van der Waals surface area (Å²) >= 11 is 1.56. The number of benzene rings is 2. The molecule has 0 aliphatic heterocycles. The molecule has 1 aromatic heterocycles. The summed E-state index contributed by atoms with van der Waals surface area (Å²) in [4.78, 5) is 17.1. The van der Waals surface area contributed by atoms with Crippen LogP contribution in [0, 0.1) is 6.92 Å². The van der Waals surface area contributed by atoms with E-state index in [2.05, 4.69) is 20.2 Å². The molecule has 3 rings (SSSR count). The maximum absolute atomic E-state index is 11.4. The maximum Gasteiger partial charge on any atom is 0.337 e. The van der Waals surface area contributed by atoms with Crippen molar-refractivity contribution in [3.8, 4) is 11.3 Å². The normalized spacial score (nSPS) is 10.8. The molecule has 0 bridgehead atoms. The molecule has 0 aliphatic rings. The predicted molar refractivity (Wildman–Crippen MR) is 101 cm³/mol. The predicted octanol–water partition coefficient (Wildman–Crippen LogP) is 4.35. The average molecular weight is 351 g/mol. The van der Waals surface area contributed by atoms with Crippen LogP contribution in [-0.2, 0) is 4.74 Å². The zero-order valence-corrected chi connectivity index (χ0v) is 14.7. The van der Waals surface area contributed by atoms with Crippen LogP contribution in [0.4, 0.5) is 5.13 Å². The molecule has 5 nitrogen and oxygen atoms in total. The largest absolute Gasteiger partial charge is 0.465 e. The number of aromatic nitrogens is 1. The van der Waals surface area contributed by atoms with Gasteiger partial charge in [0.05, 0.1) is 24.6 Å². The molecule has 0 fully saturated rings. The highest BCUT2D eigenvalue weighted by Crippen LogP contribution is 2.30. The number of nitrogens with one attached hydrogen (secondary N) is 1. The van der Waals surface area contributed by atoms with Crippen LogP contribution >= 0.6 is 11.3 Å². The molecule has 0 saturated heterocycles. The fraction of sp³-hybridized carbons (Fsp3) is 0.105. The molecule has 0 saturated carbocycles. The lowest BCUT2D eigenvalue weighted by Crippen LogP contribution is -2.00. The van der Waals surface area contributed by atoms with Gasteiger partial charge in [-0.25, -0.2) is 9.78 Å². The van der Waals surface area contributed by atoms with Crippen LogP contribution < -0.4 is 5.43 Å². The maximum atomic E-state index is 11.4. The van der Waals surface area contributed by atoms with Gasteiger partial charge in [-0.05, 0) is 24.6 Å². The molecule has 0 atom stereocenters. The third-order valence-electron chi connectivity index (χ3n) is 3.55. The molecule has 0 radical (unpaired) electrons. The van der Waals surface area contributed by atoms with Gasteiger partial charge in [0.25, 0.3) is 0 Å². The Labute approximate surface area is 150 Å². The Morgan fingerprint density at radius 1 is 1.16 bits per heavy atom. The Bertz CT molecular complexity index is 887. The van der Waals surface area contributed by atoms with E-state index < -0.39 is 0 Å². The van der Waals surface area contributed by atoms with Crippen molar-refractivity contribution >= 4 is 28.7 Å². The van der Waals surface area contributed by atoms with Crippen molar-refractivity contribution in [1.82, 2.24) is 4.98 Å². The fourth-order valence-electron chi connectivity index (χ4n) is 2.29. The van der Waals surface area contributed by atoms with Crippen molar-refractivity contribution in [1.29, 1.82) is 0 Å². The molecular formula is C19H17N3O2S. The average Bonchev–Trinajstić information content (AvgIpc) is 3.03. The number of anilines is 1. The number of thiazole rings is 1. The van der Waals surface area contributed by atoms with E-state index in [9.17, 15) is 4.79 Å². The second-order valence-corrected chi connectivity index (χ2v) is 6.48. The van der Waals surface area contributed by atoms with Crippen molar-refractivity contribution in [3.63, 3.8) is 0 Å². The van der Waals surface area contributed by atoms with E-state index in [-0.39, 0.29) is 5.97 Å². The summed E-state index contributed by atoms with van der Waals surface area (Å²) in [5.74, 6) is -0.353. The molecule has 25 heavy (non-hydrogen) atoms. The summed E-state index contributed by atoms with van der Waals surface area (Å²) in [6.45, 7) is 2.04. The van der Waals surface area contributed by atoms with Crippen LogP contribution in [0.5, 0.6) is 0 Å². The van der Waals surface area contributed by atoms with Gasteiger partial charge in [0, 0.05) is 10.4 Å². The highest BCUT2D eigenvalue weighted by molar-refractivity contribution is 7.15. The van der Waals surface area contributed by atoms with Gasteiger partial charge in [0.15, 0.2) is 0 Å². The Kier molecular flexibility index (Phi) is 5.20. The quantitative estimate of drug-likeness (QED) is 0.422. The van der Waals surface area contributed by atoms with E-state index >= 15 is 0 Å². The lowest BCUT2D eigenvalue weighted by atomic mass is 10.1. The summed E-state index contributed by atoms with van der Waals surface area (Å²) in [7, 11) is 1.36. The first-order valence-electron chi connectivity index (χ1n) is 7.67. The number of rotatable bonds is 5. The first-order valence-corrected chi connectivity index (χ1v) is 8.49. The third kappa shape index (κ3) is 4.10. The topological polar surface area (TPSA) is 63.6 Å². The number of nitrogens with zero attached hydrogens (tertiary/aromatic N) is 2. The Morgan fingerprint density at radius 3 is 2.56 bits per heavy atom. The summed E-state index contributed by atoms with van der Waals surface area (Å²) in [5, 5.41) is 4.95. The van der Waals surface area contributed by atoms with Gasteiger partial charge in [-0.1, -0.05) is 42.5 Å². The lowest BCUT2D eigenvalue weighted by molar-refractivity contribution is 0.0600. The zero-order valence-electron chi connectivity index (χ0n) is 13.9. The van der Waals surface area contributed by atoms with Crippen LogP contribution in [0.25, 0.3) is 11.3 Å². The van der Waals surface area contributed by atoms with Gasteiger partial charge < -0.3 is 4.74 Å². The van der Waals surface area contributed by atoms with Crippen LogP contribution in [0.1, 0.15) is 20.8 Å². The molecule has 1 N–H and O–H groups in total. The Hall–Kier alpha value is -2.99. The van der Waals surface area contributed by atoms with Gasteiger partial charge in [-0.3, -0.25) is 5.43 Å². The minimum absolute atomic E-state index is 0.353. The number of methoxy groups -OCH3 is 1. The zero-order chi connectivity index (χ0) is 17.6. The summed E-state index contributed by atoms with van der Waals surface area (Å²) in [5.41, 5.74) is 6.39. The van der Waals surface area contributed by atoms with Crippen molar-refractivity contribution in [3.05, 3.63) is 70.6 Å². The molecule has 0 amide bonds. The first-order chi connectivity index (χ1) is 12.2. The van der Waals surface area contributed by atoms with E-state index in [1.807, 2.05) is 37.3 Å². The molecule has 0 unspecified atom stereocenters. The number of hydrazone groups is 1. The number of hydrogen-bond acceptors (Lipinski definition) is 6. The molecule has 1 heterocycles. The van der Waals surface area contributed by atoms with Crippen LogP contribution in [0.3, 0.4) is 0 Å². The molecule has 2 aromatic carbocycles. The third-order valence-corrected chi connectivity index (χ3v) is 4.42. The van der Waals surface area contributed by atoms with Crippen LogP contribution in [0.2, 0.25) is 0 Å². The smallest absolute Gasteiger partial charge is 0.337 e. The number of hydrogen-bond donors (Lipinski definition) is 1. The molecule has 126 valence electrons.